The first-order valence-electron chi connectivity index (χ1n) is 6.80. The van der Waals surface area contributed by atoms with Crippen LogP contribution in [0.15, 0.2) is 36.7 Å². The molecule has 1 atom stereocenters. The van der Waals surface area contributed by atoms with Gasteiger partial charge < -0.3 is 4.74 Å². The summed E-state index contributed by atoms with van der Waals surface area (Å²) in [5, 5.41) is 13.8. The van der Waals surface area contributed by atoms with Gasteiger partial charge in [-0.2, -0.15) is 10.4 Å². The highest BCUT2D eigenvalue weighted by Gasteiger charge is 2.35. The van der Waals surface area contributed by atoms with Crippen LogP contribution in [-0.4, -0.2) is 16.4 Å². The Kier molecular flexibility index (Phi) is 3.19. The minimum atomic E-state index is -0.426. The molecule has 4 nitrogen and oxygen atoms in total. The zero-order valence-corrected chi connectivity index (χ0v) is 11.5. The molecule has 1 unspecified atom stereocenters. The number of aromatic nitrogens is 2. The fourth-order valence-electron chi connectivity index (χ4n) is 2.70. The van der Waals surface area contributed by atoms with Crippen molar-refractivity contribution in [2.75, 3.05) is 6.61 Å². The molecule has 1 aliphatic heterocycles. The summed E-state index contributed by atoms with van der Waals surface area (Å²) < 4.78 is 7.57. The molecule has 2 heterocycles. The normalized spacial score (nSPS) is 20.8. The van der Waals surface area contributed by atoms with Crippen LogP contribution in [0.5, 0.6) is 5.75 Å². The lowest BCUT2D eigenvalue weighted by Crippen LogP contribution is -2.34. The molecule has 2 aromatic rings. The van der Waals surface area contributed by atoms with Gasteiger partial charge in [0.25, 0.3) is 0 Å². The second kappa shape index (κ2) is 5.01. The molecular weight excluding hydrogens is 250 g/mol. The van der Waals surface area contributed by atoms with Crippen LogP contribution in [0.3, 0.4) is 0 Å². The summed E-state index contributed by atoms with van der Waals surface area (Å²) in [6.07, 6.45) is 6.28. The molecule has 0 amide bonds. The second-order valence-electron chi connectivity index (χ2n) is 5.49. The van der Waals surface area contributed by atoms with Crippen LogP contribution in [0, 0.1) is 16.7 Å². The Morgan fingerprint density at radius 3 is 3.05 bits per heavy atom. The average Bonchev–Trinajstić information content (AvgIpc) is 2.91. The molecule has 0 aliphatic carbocycles. The van der Waals surface area contributed by atoms with Gasteiger partial charge >= 0.3 is 0 Å². The summed E-state index contributed by atoms with van der Waals surface area (Å²) in [7, 11) is 1.91. The zero-order chi connectivity index (χ0) is 14.0. The van der Waals surface area contributed by atoms with Gasteiger partial charge in [0.05, 0.1) is 17.7 Å². The summed E-state index contributed by atoms with van der Waals surface area (Å²) in [5.74, 6) is 0.916. The number of fused-ring (bicyclic) bond motifs is 1. The Bertz CT molecular complexity index is 656. The van der Waals surface area contributed by atoms with Crippen molar-refractivity contribution in [1.82, 2.24) is 9.78 Å². The average molecular weight is 267 g/mol. The van der Waals surface area contributed by atoms with Crippen LogP contribution in [0.4, 0.5) is 0 Å². The highest BCUT2D eigenvalue weighted by atomic mass is 16.5. The minimum Gasteiger partial charge on any atom is -0.492 e. The van der Waals surface area contributed by atoms with E-state index in [2.05, 4.69) is 11.2 Å². The molecule has 0 N–H and O–H groups in total. The predicted molar refractivity (Wildman–Crippen MR) is 75.2 cm³/mol. The van der Waals surface area contributed by atoms with Crippen molar-refractivity contribution in [2.24, 2.45) is 12.5 Å². The van der Waals surface area contributed by atoms with E-state index in [4.69, 9.17) is 4.74 Å². The van der Waals surface area contributed by atoms with Gasteiger partial charge in [-0.3, -0.25) is 4.68 Å². The van der Waals surface area contributed by atoms with E-state index in [-0.39, 0.29) is 0 Å². The third kappa shape index (κ3) is 2.39. The van der Waals surface area contributed by atoms with Crippen LogP contribution in [0.25, 0.3) is 0 Å². The molecule has 1 aromatic carbocycles. The van der Waals surface area contributed by atoms with Gasteiger partial charge in [-0.1, -0.05) is 18.2 Å². The first-order chi connectivity index (χ1) is 9.71. The molecule has 0 fully saturated rings. The Labute approximate surface area is 118 Å². The lowest BCUT2D eigenvalue weighted by molar-refractivity contribution is 0.160. The summed E-state index contributed by atoms with van der Waals surface area (Å²) >= 11 is 0. The van der Waals surface area contributed by atoms with Crippen LogP contribution in [-0.2, 0) is 19.9 Å². The van der Waals surface area contributed by atoms with Crippen molar-refractivity contribution in [3.8, 4) is 11.8 Å². The number of hydrogen-bond donors (Lipinski definition) is 0. The smallest absolute Gasteiger partial charge is 0.122 e. The standard InChI is InChI=1S/C16H17N3O/c1-19-10-13(9-18-19)6-7-16(11-17)8-14-4-2-3-5-15(14)20-12-16/h2-5,9-10H,6-8,12H2,1H3. The Morgan fingerprint density at radius 1 is 1.45 bits per heavy atom. The van der Waals surface area contributed by atoms with Gasteiger partial charge in [-0.15, -0.1) is 0 Å². The van der Waals surface area contributed by atoms with E-state index in [9.17, 15) is 5.26 Å². The monoisotopic (exact) mass is 267 g/mol. The summed E-state index contributed by atoms with van der Waals surface area (Å²) in [6, 6.07) is 10.5. The highest BCUT2D eigenvalue weighted by Crippen LogP contribution is 2.37. The fourth-order valence-corrected chi connectivity index (χ4v) is 2.70. The van der Waals surface area contributed by atoms with E-state index in [1.807, 2.05) is 43.7 Å². The van der Waals surface area contributed by atoms with Crippen LogP contribution < -0.4 is 4.74 Å². The predicted octanol–water partition coefficient (Wildman–Crippen LogP) is 2.50. The Hall–Kier alpha value is -2.28. The SMILES string of the molecule is Cn1cc(CCC2(C#N)COc3ccccc3C2)cn1. The summed E-state index contributed by atoms with van der Waals surface area (Å²) in [4.78, 5) is 0. The van der Waals surface area contributed by atoms with Crippen molar-refractivity contribution >= 4 is 0 Å². The number of benzene rings is 1. The van der Waals surface area contributed by atoms with Gasteiger partial charge in [-0.25, -0.2) is 0 Å². The van der Waals surface area contributed by atoms with Crippen LogP contribution in [0.1, 0.15) is 17.5 Å². The number of aryl methyl sites for hydroxylation is 2. The second-order valence-corrected chi connectivity index (χ2v) is 5.49. The molecule has 1 aliphatic rings. The highest BCUT2D eigenvalue weighted by molar-refractivity contribution is 5.37. The number of nitrogens with zero attached hydrogens (tertiary/aromatic N) is 3. The molecule has 3 rings (SSSR count). The maximum atomic E-state index is 9.60. The minimum absolute atomic E-state index is 0.426. The molecule has 0 saturated heterocycles. The third-order valence-corrected chi connectivity index (χ3v) is 3.89. The molecule has 4 heteroatoms. The van der Waals surface area contributed by atoms with Crippen LogP contribution >= 0.6 is 0 Å². The van der Waals surface area contributed by atoms with E-state index in [0.717, 1.165) is 30.6 Å². The summed E-state index contributed by atoms with van der Waals surface area (Å²) in [6.45, 7) is 0.473. The van der Waals surface area contributed by atoms with E-state index in [1.165, 1.54) is 5.56 Å². The molecule has 0 bridgehead atoms. The molecule has 102 valence electrons. The largest absolute Gasteiger partial charge is 0.492 e. The van der Waals surface area contributed by atoms with Crippen molar-refractivity contribution in [3.63, 3.8) is 0 Å². The van der Waals surface area contributed by atoms with E-state index >= 15 is 0 Å². The number of ether oxygens (including phenoxy) is 1. The van der Waals surface area contributed by atoms with Gasteiger partial charge in [0.1, 0.15) is 12.4 Å². The maximum Gasteiger partial charge on any atom is 0.122 e. The number of rotatable bonds is 3. The van der Waals surface area contributed by atoms with Gasteiger partial charge in [0.15, 0.2) is 0 Å². The first kappa shape index (κ1) is 12.7. The van der Waals surface area contributed by atoms with E-state index < -0.39 is 5.41 Å². The van der Waals surface area contributed by atoms with Crippen molar-refractivity contribution in [3.05, 3.63) is 47.8 Å². The van der Waals surface area contributed by atoms with Crippen molar-refractivity contribution in [2.45, 2.75) is 19.3 Å². The van der Waals surface area contributed by atoms with Gasteiger partial charge in [-0.05, 0) is 36.5 Å². The lowest BCUT2D eigenvalue weighted by Gasteiger charge is -2.32. The van der Waals surface area contributed by atoms with Crippen molar-refractivity contribution in [1.29, 1.82) is 5.26 Å². The lowest BCUT2D eigenvalue weighted by atomic mass is 9.77. The van der Waals surface area contributed by atoms with E-state index in [0.29, 0.717) is 6.61 Å². The van der Waals surface area contributed by atoms with Gasteiger partial charge in [0, 0.05) is 13.2 Å². The molecule has 0 spiro atoms. The topological polar surface area (TPSA) is 50.8 Å². The summed E-state index contributed by atoms with van der Waals surface area (Å²) in [5.41, 5.74) is 1.87. The molecular formula is C16H17N3O. The Balaban J connectivity index is 1.75. The molecule has 0 saturated carbocycles. The first-order valence-corrected chi connectivity index (χ1v) is 6.80. The van der Waals surface area contributed by atoms with Crippen LogP contribution in [0.2, 0.25) is 0 Å². The number of para-hydroxylation sites is 1. The zero-order valence-electron chi connectivity index (χ0n) is 11.5. The number of nitriles is 1. The Morgan fingerprint density at radius 2 is 2.30 bits per heavy atom. The quantitative estimate of drug-likeness (QED) is 0.858. The number of hydrogen-bond acceptors (Lipinski definition) is 3. The molecule has 1 aromatic heterocycles. The van der Waals surface area contributed by atoms with Gasteiger partial charge in [0.2, 0.25) is 0 Å². The molecule has 20 heavy (non-hydrogen) atoms. The van der Waals surface area contributed by atoms with Crippen molar-refractivity contribution < 1.29 is 4.74 Å². The third-order valence-electron chi connectivity index (χ3n) is 3.89. The fraction of sp³-hybridized carbons (Fsp3) is 0.375. The maximum absolute atomic E-state index is 9.60. The van der Waals surface area contributed by atoms with E-state index in [1.54, 1.807) is 4.68 Å². The molecule has 0 radical (unpaired) electrons.